The van der Waals surface area contributed by atoms with Gasteiger partial charge >= 0.3 is 10.2 Å². The molecule has 2 aromatic rings. The van der Waals surface area contributed by atoms with Crippen molar-refractivity contribution in [2.75, 3.05) is 14.1 Å². The molecule has 0 saturated carbocycles. The van der Waals surface area contributed by atoms with Crippen LogP contribution in [0, 0.1) is 18.6 Å². The van der Waals surface area contributed by atoms with Gasteiger partial charge in [0.15, 0.2) is 11.6 Å². The van der Waals surface area contributed by atoms with Gasteiger partial charge in [-0.3, -0.25) is 4.79 Å². The van der Waals surface area contributed by atoms with Crippen molar-refractivity contribution in [2.45, 2.75) is 6.92 Å². The van der Waals surface area contributed by atoms with Gasteiger partial charge in [-0.2, -0.15) is 12.7 Å². The van der Waals surface area contributed by atoms with Crippen molar-refractivity contribution in [1.82, 2.24) is 9.03 Å². The standard InChI is InChI=1S/C16H16F2N2O4S/c1-10-5-4-6-11(7-10)24-15-9-13(17)12(8-14(15)18)16(21)19-25(22,23)20(2)3/h4-9H,1-3H3,(H,19,21). The maximum absolute atomic E-state index is 14.1. The minimum Gasteiger partial charge on any atom is -0.454 e. The summed E-state index contributed by atoms with van der Waals surface area (Å²) in [4.78, 5) is 11.9. The number of ether oxygens (including phenoxy) is 1. The Morgan fingerprint density at radius 2 is 1.80 bits per heavy atom. The summed E-state index contributed by atoms with van der Waals surface area (Å²) in [5, 5.41) is 0. The molecule has 9 heteroatoms. The third kappa shape index (κ3) is 4.52. The number of nitrogens with one attached hydrogen (secondary N) is 1. The number of benzene rings is 2. The average Bonchev–Trinajstić information content (AvgIpc) is 2.50. The van der Waals surface area contributed by atoms with Crippen LogP contribution in [0.4, 0.5) is 8.78 Å². The molecule has 0 spiro atoms. The van der Waals surface area contributed by atoms with Crippen LogP contribution in [0.3, 0.4) is 0 Å². The Hall–Kier alpha value is -2.52. The predicted molar refractivity (Wildman–Crippen MR) is 87.7 cm³/mol. The van der Waals surface area contributed by atoms with Crippen molar-refractivity contribution in [1.29, 1.82) is 0 Å². The van der Waals surface area contributed by atoms with E-state index >= 15 is 0 Å². The topological polar surface area (TPSA) is 75.7 Å². The number of hydrogen-bond acceptors (Lipinski definition) is 4. The molecule has 0 atom stereocenters. The van der Waals surface area contributed by atoms with E-state index in [1.54, 1.807) is 22.9 Å². The lowest BCUT2D eigenvalue weighted by Gasteiger charge is -2.13. The molecule has 0 aliphatic heterocycles. The van der Waals surface area contributed by atoms with E-state index in [0.29, 0.717) is 17.9 Å². The first kappa shape index (κ1) is 18.8. The summed E-state index contributed by atoms with van der Waals surface area (Å²) in [6, 6.07) is 7.96. The lowest BCUT2D eigenvalue weighted by atomic mass is 10.2. The first-order chi connectivity index (χ1) is 11.6. The van der Waals surface area contributed by atoms with E-state index in [1.165, 1.54) is 14.1 Å². The minimum atomic E-state index is -4.13. The van der Waals surface area contributed by atoms with Crippen molar-refractivity contribution >= 4 is 16.1 Å². The van der Waals surface area contributed by atoms with Crippen LogP contribution >= 0.6 is 0 Å². The second kappa shape index (κ2) is 7.16. The molecule has 0 aliphatic carbocycles. The SMILES string of the molecule is Cc1cccc(Oc2cc(F)c(C(=O)NS(=O)(=O)N(C)C)cc2F)c1. The number of carbonyl (C=O) groups is 1. The molecular weight excluding hydrogens is 354 g/mol. The summed E-state index contributed by atoms with van der Waals surface area (Å²) in [5.74, 6) is -3.53. The van der Waals surface area contributed by atoms with Gasteiger partial charge in [0.2, 0.25) is 0 Å². The Balaban J connectivity index is 2.29. The summed E-state index contributed by atoms with van der Waals surface area (Å²) < 4.78 is 59.1. The Bertz CT molecular complexity index is 914. The van der Waals surface area contributed by atoms with E-state index in [9.17, 15) is 22.0 Å². The van der Waals surface area contributed by atoms with Crippen LogP contribution in [0.15, 0.2) is 36.4 Å². The summed E-state index contributed by atoms with van der Waals surface area (Å²) in [6.07, 6.45) is 0. The van der Waals surface area contributed by atoms with Gasteiger partial charge in [0.25, 0.3) is 5.91 Å². The molecule has 1 amide bonds. The number of nitrogens with zero attached hydrogens (tertiary/aromatic N) is 1. The monoisotopic (exact) mass is 370 g/mol. The zero-order valence-corrected chi connectivity index (χ0v) is 14.5. The van der Waals surface area contributed by atoms with Crippen LogP contribution < -0.4 is 9.46 Å². The minimum absolute atomic E-state index is 0.297. The summed E-state index contributed by atoms with van der Waals surface area (Å²) in [7, 11) is -1.75. The highest BCUT2D eigenvalue weighted by Gasteiger charge is 2.23. The van der Waals surface area contributed by atoms with Gasteiger partial charge in [0.05, 0.1) is 5.56 Å². The molecule has 0 aliphatic rings. The number of carbonyl (C=O) groups excluding carboxylic acids is 1. The zero-order chi connectivity index (χ0) is 18.8. The number of hydrogen-bond donors (Lipinski definition) is 1. The zero-order valence-electron chi connectivity index (χ0n) is 13.7. The van der Waals surface area contributed by atoms with E-state index in [0.717, 1.165) is 9.87 Å². The lowest BCUT2D eigenvalue weighted by molar-refractivity contribution is 0.0975. The fraction of sp³-hybridized carbons (Fsp3) is 0.188. The van der Waals surface area contributed by atoms with Crippen LogP contribution in [0.5, 0.6) is 11.5 Å². The smallest absolute Gasteiger partial charge is 0.303 e. The highest BCUT2D eigenvalue weighted by molar-refractivity contribution is 7.87. The second-order valence-corrected chi connectivity index (χ2v) is 7.28. The van der Waals surface area contributed by atoms with Gasteiger partial charge in [-0.1, -0.05) is 12.1 Å². The molecule has 2 rings (SSSR count). The predicted octanol–water partition coefficient (Wildman–Crippen LogP) is 2.60. The van der Waals surface area contributed by atoms with Gasteiger partial charge in [-0.25, -0.2) is 13.5 Å². The van der Waals surface area contributed by atoms with Crippen LogP contribution in [0.2, 0.25) is 0 Å². The molecule has 6 nitrogen and oxygen atoms in total. The van der Waals surface area contributed by atoms with Crippen LogP contribution in [-0.2, 0) is 10.2 Å². The first-order valence-electron chi connectivity index (χ1n) is 7.08. The van der Waals surface area contributed by atoms with E-state index in [-0.39, 0.29) is 0 Å². The summed E-state index contributed by atoms with van der Waals surface area (Å²) >= 11 is 0. The number of aryl methyl sites for hydroxylation is 1. The Morgan fingerprint density at radius 1 is 1.12 bits per heavy atom. The van der Waals surface area contributed by atoms with Crippen molar-refractivity contribution in [2.24, 2.45) is 0 Å². The third-order valence-electron chi connectivity index (χ3n) is 3.19. The highest BCUT2D eigenvalue weighted by atomic mass is 32.2. The van der Waals surface area contributed by atoms with Crippen molar-refractivity contribution in [3.8, 4) is 11.5 Å². The van der Waals surface area contributed by atoms with Crippen LogP contribution in [-0.4, -0.2) is 32.7 Å². The maximum Gasteiger partial charge on any atom is 0.303 e. The highest BCUT2D eigenvalue weighted by Crippen LogP contribution is 2.27. The lowest BCUT2D eigenvalue weighted by Crippen LogP contribution is -2.39. The fourth-order valence-corrected chi connectivity index (χ4v) is 2.38. The molecule has 0 heterocycles. The van der Waals surface area contributed by atoms with Crippen molar-refractivity contribution < 1.29 is 26.7 Å². The number of rotatable bonds is 5. The van der Waals surface area contributed by atoms with Crippen molar-refractivity contribution in [3.63, 3.8) is 0 Å². The fourth-order valence-electron chi connectivity index (χ4n) is 1.85. The van der Waals surface area contributed by atoms with Crippen LogP contribution in [0.1, 0.15) is 15.9 Å². The van der Waals surface area contributed by atoms with E-state index in [4.69, 9.17) is 4.74 Å². The Morgan fingerprint density at radius 3 is 2.40 bits per heavy atom. The maximum atomic E-state index is 14.1. The van der Waals surface area contributed by atoms with Gasteiger partial charge in [0.1, 0.15) is 11.6 Å². The van der Waals surface area contributed by atoms with E-state index < -0.39 is 39.1 Å². The van der Waals surface area contributed by atoms with E-state index in [1.807, 2.05) is 13.0 Å². The molecule has 0 aromatic heterocycles. The quantitative estimate of drug-likeness (QED) is 0.878. The van der Waals surface area contributed by atoms with Gasteiger partial charge in [-0.05, 0) is 30.7 Å². The molecule has 0 radical (unpaired) electrons. The molecule has 1 N–H and O–H groups in total. The Labute approximate surface area is 144 Å². The number of amides is 1. The molecule has 0 bridgehead atoms. The van der Waals surface area contributed by atoms with Crippen molar-refractivity contribution in [3.05, 3.63) is 59.2 Å². The summed E-state index contributed by atoms with van der Waals surface area (Å²) in [5.41, 5.74) is 0.114. The average molecular weight is 370 g/mol. The van der Waals surface area contributed by atoms with E-state index in [2.05, 4.69) is 0 Å². The van der Waals surface area contributed by atoms with Gasteiger partial charge < -0.3 is 4.74 Å². The molecule has 0 fully saturated rings. The molecular formula is C16H16F2N2O4S. The summed E-state index contributed by atoms with van der Waals surface area (Å²) in [6.45, 7) is 1.81. The third-order valence-corrected chi connectivity index (χ3v) is 4.59. The second-order valence-electron chi connectivity index (χ2n) is 5.40. The Kier molecular flexibility index (Phi) is 5.39. The largest absolute Gasteiger partial charge is 0.454 e. The number of halogens is 2. The molecule has 0 unspecified atom stereocenters. The normalized spacial score (nSPS) is 11.4. The van der Waals surface area contributed by atoms with Crippen LogP contribution in [0.25, 0.3) is 0 Å². The molecule has 134 valence electrons. The first-order valence-corrected chi connectivity index (χ1v) is 8.52. The van der Waals surface area contributed by atoms with Gasteiger partial charge in [0, 0.05) is 20.2 Å². The molecule has 25 heavy (non-hydrogen) atoms. The van der Waals surface area contributed by atoms with Gasteiger partial charge in [-0.15, -0.1) is 0 Å². The molecule has 2 aromatic carbocycles. The molecule has 0 saturated heterocycles.